The molecule has 1 atom stereocenters. The van der Waals surface area contributed by atoms with Gasteiger partial charge in [0.05, 0.1) is 13.0 Å². The van der Waals surface area contributed by atoms with Crippen LogP contribution in [0.4, 0.5) is 0 Å². The molecule has 6 heteroatoms. The van der Waals surface area contributed by atoms with Crippen molar-refractivity contribution in [2.45, 2.75) is 25.3 Å². The van der Waals surface area contributed by atoms with Gasteiger partial charge in [0.1, 0.15) is 6.04 Å². The average Bonchev–Trinajstić information content (AvgIpc) is 3.28. The van der Waals surface area contributed by atoms with Gasteiger partial charge in [-0.1, -0.05) is 30.3 Å². The van der Waals surface area contributed by atoms with Crippen molar-refractivity contribution in [3.8, 4) is 0 Å². The lowest BCUT2D eigenvalue weighted by atomic mass is 10.1. The molecule has 1 fully saturated rings. The van der Waals surface area contributed by atoms with E-state index in [4.69, 9.17) is 5.11 Å². The predicted molar refractivity (Wildman–Crippen MR) is 75.4 cm³/mol. The minimum absolute atomic E-state index is 0.0199. The third kappa shape index (κ3) is 4.91. The Morgan fingerprint density at radius 1 is 1.14 bits per heavy atom. The van der Waals surface area contributed by atoms with Crippen LogP contribution in [0.3, 0.4) is 0 Å². The molecule has 0 saturated heterocycles. The molecular weight excluding hydrogens is 272 g/mol. The first-order valence-corrected chi connectivity index (χ1v) is 6.89. The van der Waals surface area contributed by atoms with Gasteiger partial charge < -0.3 is 15.7 Å². The van der Waals surface area contributed by atoms with E-state index >= 15 is 0 Å². The number of carbonyl (C=O) groups excluding carboxylic acids is 2. The van der Waals surface area contributed by atoms with Crippen LogP contribution in [0.15, 0.2) is 30.3 Å². The number of carboxylic acid groups (broad SMARTS) is 1. The first kappa shape index (κ1) is 15.0. The van der Waals surface area contributed by atoms with E-state index in [0.717, 1.165) is 18.4 Å². The fourth-order valence-electron chi connectivity index (χ4n) is 2.06. The molecular formula is C15H18N2O4. The summed E-state index contributed by atoms with van der Waals surface area (Å²) in [6, 6.07) is 8.34. The Labute approximate surface area is 122 Å². The molecule has 1 aromatic carbocycles. The third-order valence-corrected chi connectivity index (χ3v) is 3.33. The molecule has 0 heterocycles. The first-order chi connectivity index (χ1) is 10.1. The molecule has 1 unspecified atom stereocenters. The Balaban J connectivity index is 1.73. The van der Waals surface area contributed by atoms with E-state index < -0.39 is 17.9 Å². The molecule has 0 radical (unpaired) electrons. The summed E-state index contributed by atoms with van der Waals surface area (Å²) in [5.41, 5.74) is 0.858. The fourth-order valence-corrected chi connectivity index (χ4v) is 2.06. The summed E-state index contributed by atoms with van der Waals surface area (Å²) in [4.78, 5) is 34.3. The molecule has 0 spiro atoms. The van der Waals surface area contributed by atoms with E-state index in [1.807, 2.05) is 30.3 Å². The number of rotatable bonds is 7. The second-order valence-corrected chi connectivity index (χ2v) is 5.16. The average molecular weight is 290 g/mol. The molecule has 2 amide bonds. The van der Waals surface area contributed by atoms with Gasteiger partial charge in [0.2, 0.25) is 11.8 Å². The topological polar surface area (TPSA) is 95.5 Å². The zero-order valence-electron chi connectivity index (χ0n) is 11.5. The molecule has 21 heavy (non-hydrogen) atoms. The molecule has 2 rings (SSSR count). The number of aliphatic carboxylic acids is 1. The normalized spacial score (nSPS) is 15.0. The summed E-state index contributed by atoms with van der Waals surface area (Å²) in [5, 5.41) is 13.9. The van der Waals surface area contributed by atoms with Gasteiger partial charge in [-0.3, -0.25) is 9.59 Å². The highest BCUT2D eigenvalue weighted by molar-refractivity contribution is 5.88. The maximum atomic E-state index is 11.7. The van der Waals surface area contributed by atoms with Crippen molar-refractivity contribution in [1.29, 1.82) is 0 Å². The Bertz CT molecular complexity index is 526. The Kier molecular flexibility index (Phi) is 4.92. The first-order valence-electron chi connectivity index (χ1n) is 6.89. The second kappa shape index (κ2) is 6.88. The van der Waals surface area contributed by atoms with Crippen molar-refractivity contribution in [2.75, 3.05) is 6.54 Å². The van der Waals surface area contributed by atoms with Crippen LogP contribution in [0.2, 0.25) is 0 Å². The Morgan fingerprint density at radius 3 is 2.38 bits per heavy atom. The lowest BCUT2D eigenvalue weighted by molar-refractivity contribution is -0.142. The van der Waals surface area contributed by atoms with E-state index in [9.17, 15) is 14.4 Å². The quantitative estimate of drug-likeness (QED) is 0.674. The molecule has 3 N–H and O–H groups in total. The Hall–Kier alpha value is -2.37. The van der Waals surface area contributed by atoms with Crippen molar-refractivity contribution in [1.82, 2.24) is 10.6 Å². The van der Waals surface area contributed by atoms with Gasteiger partial charge in [0, 0.05) is 0 Å². The highest BCUT2D eigenvalue weighted by Crippen LogP contribution is 2.32. The Morgan fingerprint density at radius 2 is 1.81 bits per heavy atom. The lowest BCUT2D eigenvalue weighted by Crippen LogP contribution is -2.46. The number of nitrogens with one attached hydrogen (secondary N) is 2. The monoisotopic (exact) mass is 290 g/mol. The molecule has 0 bridgehead atoms. The third-order valence-electron chi connectivity index (χ3n) is 3.33. The van der Waals surface area contributed by atoms with Gasteiger partial charge in [-0.2, -0.15) is 0 Å². The van der Waals surface area contributed by atoms with Crippen LogP contribution in [0.1, 0.15) is 18.4 Å². The van der Waals surface area contributed by atoms with Gasteiger partial charge in [-0.25, -0.2) is 4.79 Å². The molecule has 0 aromatic heterocycles. The molecule has 1 aliphatic rings. The SMILES string of the molecule is O=C(Cc1ccccc1)NCC(=O)NC(C(=O)O)C1CC1. The van der Waals surface area contributed by atoms with Crippen LogP contribution >= 0.6 is 0 Å². The molecule has 112 valence electrons. The van der Waals surface area contributed by atoms with Crippen molar-refractivity contribution in [3.63, 3.8) is 0 Å². The molecule has 1 aliphatic carbocycles. The van der Waals surface area contributed by atoms with Crippen LogP contribution in [0.25, 0.3) is 0 Å². The van der Waals surface area contributed by atoms with E-state index in [1.54, 1.807) is 0 Å². The maximum absolute atomic E-state index is 11.7. The number of benzene rings is 1. The van der Waals surface area contributed by atoms with E-state index in [-0.39, 0.29) is 24.8 Å². The highest BCUT2D eigenvalue weighted by Gasteiger charge is 2.37. The number of hydrogen-bond donors (Lipinski definition) is 3. The molecule has 6 nitrogen and oxygen atoms in total. The summed E-state index contributed by atoms with van der Waals surface area (Å²) in [7, 11) is 0. The van der Waals surface area contributed by atoms with Crippen molar-refractivity contribution in [3.05, 3.63) is 35.9 Å². The fraction of sp³-hybridized carbons (Fsp3) is 0.400. The molecule has 1 saturated carbocycles. The van der Waals surface area contributed by atoms with Crippen molar-refractivity contribution in [2.24, 2.45) is 5.92 Å². The number of amides is 2. The number of hydrogen-bond acceptors (Lipinski definition) is 3. The minimum atomic E-state index is -1.03. The van der Waals surface area contributed by atoms with Crippen molar-refractivity contribution >= 4 is 17.8 Å². The smallest absolute Gasteiger partial charge is 0.326 e. The van der Waals surface area contributed by atoms with Crippen LogP contribution < -0.4 is 10.6 Å². The van der Waals surface area contributed by atoms with E-state index in [0.29, 0.717) is 0 Å². The van der Waals surface area contributed by atoms with E-state index in [2.05, 4.69) is 10.6 Å². The van der Waals surface area contributed by atoms with Gasteiger partial charge in [0.15, 0.2) is 0 Å². The summed E-state index contributed by atoms with van der Waals surface area (Å²) in [6.45, 7) is -0.206. The summed E-state index contributed by atoms with van der Waals surface area (Å²) in [6.07, 6.45) is 1.83. The minimum Gasteiger partial charge on any atom is -0.480 e. The summed E-state index contributed by atoms with van der Waals surface area (Å²) in [5.74, 6) is -1.75. The van der Waals surface area contributed by atoms with E-state index in [1.165, 1.54) is 0 Å². The molecule has 1 aromatic rings. The van der Waals surface area contributed by atoms with Crippen LogP contribution in [0, 0.1) is 5.92 Å². The van der Waals surface area contributed by atoms with Gasteiger partial charge in [0.25, 0.3) is 0 Å². The highest BCUT2D eigenvalue weighted by atomic mass is 16.4. The van der Waals surface area contributed by atoms with Gasteiger partial charge >= 0.3 is 5.97 Å². The second-order valence-electron chi connectivity index (χ2n) is 5.16. The standard InChI is InChI=1S/C15H18N2O4/c18-12(8-10-4-2-1-3-5-10)16-9-13(19)17-14(15(20)21)11-6-7-11/h1-5,11,14H,6-9H2,(H,16,18)(H,17,19)(H,20,21). The predicted octanol–water partition coefficient (Wildman–Crippen LogP) is 0.325. The van der Waals surface area contributed by atoms with Gasteiger partial charge in [-0.05, 0) is 24.3 Å². The number of carboxylic acids is 1. The molecule has 0 aliphatic heterocycles. The lowest BCUT2D eigenvalue weighted by Gasteiger charge is -2.13. The van der Waals surface area contributed by atoms with Crippen LogP contribution in [-0.2, 0) is 20.8 Å². The number of carbonyl (C=O) groups is 3. The largest absolute Gasteiger partial charge is 0.480 e. The van der Waals surface area contributed by atoms with Crippen LogP contribution in [-0.4, -0.2) is 35.5 Å². The summed E-state index contributed by atoms with van der Waals surface area (Å²) < 4.78 is 0. The maximum Gasteiger partial charge on any atom is 0.326 e. The van der Waals surface area contributed by atoms with Crippen molar-refractivity contribution < 1.29 is 19.5 Å². The zero-order chi connectivity index (χ0) is 15.2. The zero-order valence-corrected chi connectivity index (χ0v) is 11.5. The van der Waals surface area contributed by atoms with Crippen LogP contribution in [0.5, 0.6) is 0 Å². The summed E-state index contributed by atoms with van der Waals surface area (Å²) >= 11 is 0. The van der Waals surface area contributed by atoms with Gasteiger partial charge in [-0.15, -0.1) is 0 Å².